The first-order chi connectivity index (χ1) is 13.7. The molecule has 0 aromatic heterocycles. The smallest absolute Gasteiger partial charge is 0.254 e. The van der Waals surface area contributed by atoms with Gasteiger partial charge >= 0.3 is 0 Å². The van der Waals surface area contributed by atoms with Gasteiger partial charge in [-0.3, -0.25) is 4.79 Å². The molecule has 156 valence electrons. The van der Waals surface area contributed by atoms with Gasteiger partial charge in [0.2, 0.25) is 0 Å². The molecule has 0 N–H and O–H groups in total. The summed E-state index contributed by atoms with van der Waals surface area (Å²) in [5, 5.41) is 0. The minimum atomic E-state index is -3.13. The summed E-state index contributed by atoms with van der Waals surface area (Å²) in [5.41, 5.74) is 3.33. The molecule has 1 fully saturated rings. The molecule has 1 heterocycles. The standard InChI is InChI=1S/C22H27NO5S/c1-15-8-9-16(2)19(10-15)22(24)23-12-20(27-3)21(13-23)28-18-7-5-6-17(11-18)14-29(4,25)26/h5-11,20-21H,12-14H2,1-4H3/t20-,21-/m1/s1. The first kappa shape index (κ1) is 21.3. The highest BCUT2D eigenvalue weighted by molar-refractivity contribution is 7.89. The number of carbonyl (C=O) groups is 1. The van der Waals surface area contributed by atoms with Gasteiger partial charge in [-0.2, -0.15) is 0 Å². The molecule has 0 saturated carbocycles. The maximum atomic E-state index is 13.0. The molecule has 0 unspecified atom stereocenters. The Bertz CT molecular complexity index is 1000. The Morgan fingerprint density at radius 1 is 1.10 bits per heavy atom. The van der Waals surface area contributed by atoms with E-state index in [0.29, 0.717) is 30.0 Å². The number of sulfone groups is 1. The summed E-state index contributed by atoms with van der Waals surface area (Å²) < 4.78 is 34.8. The Balaban J connectivity index is 1.75. The minimum absolute atomic E-state index is 0.0369. The quantitative estimate of drug-likeness (QED) is 0.723. The van der Waals surface area contributed by atoms with Crippen molar-refractivity contribution >= 4 is 15.7 Å². The van der Waals surface area contributed by atoms with Gasteiger partial charge in [-0.25, -0.2) is 8.42 Å². The molecule has 1 aliphatic heterocycles. The number of ether oxygens (including phenoxy) is 2. The summed E-state index contributed by atoms with van der Waals surface area (Å²) in [6.07, 6.45) is 0.611. The third-order valence-electron chi connectivity index (χ3n) is 5.04. The predicted octanol–water partition coefficient (Wildman–Crippen LogP) is 2.77. The van der Waals surface area contributed by atoms with Gasteiger partial charge in [0.25, 0.3) is 5.91 Å². The van der Waals surface area contributed by atoms with Crippen LogP contribution in [-0.4, -0.2) is 57.9 Å². The van der Waals surface area contributed by atoms with Gasteiger partial charge in [-0.1, -0.05) is 29.8 Å². The van der Waals surface area contributed by atoms with Crippen LogP contribution in [0.15, 0.2) is 42.5 Å². The van der Waals surface area contributed by atoms with Crippen LogP contribution in [0.2, 0.25) is 0 Å². The maximum absolute atomic E-state index is 13.0. The van der Waals surface area contributed by atoms with Gasteiger partial charge in [-0.05, 0) is 43.2 Å². The minimum Gasteiger partial charge on any atom is -0.486 e. The summed E-state index contributed by atoms with van der Waals surface area (Å²) in [7, 11) is -1.52. The van der Waals surface area contributed by atoms with Crippen molar-refractivity contribution in [1.29, 1.82) is 0 Å². The largest absolute Gasteiger partial charge is 0.486 e. The van der Waals surface area contributed by atoms with Crippen LogP contribution >= 0.6 is 0 Å². The van der Waals surface area contributed by atoms with Gasteiger partial charge in [0, 0.05) is 18.9 Å². The average Bonchev–Trinajstić information content (AvgIpc) is 3.05. The molecule has 0 bridgehead atoms. The first-order valence-corrected chi connectivity index (χ1v) is 11.5. The molecule has 3 rings (SSSR count). The predicted molar refractivity (Wildman–Crippen MR) is 112 cm³/mol. The van der Waals surface area contributed by atoms with Crippen molar-refractivity contribution in [3.8, 4) is 5.75 Å². The van der Waals surface area contributed by atoms with E-state index >= 15 is 0 Å². The summed E-state index contributed by atoms with van der Waals surface area (Å²) >= 11 is 0. The molecule has 7 heteroatoms. The molecule has 0 aliphatic carbocycles. The van der Waals surface area contributed by atoms with Gasteiger partial charge in [0.1, 0.15) is 18.0 Å². The Kier molecular flexibility index (Phi) is 6.29. The second kappa shape index (κ2) is 8.55. The van der Waals surface area contributed by atoms with E-state index in [1.165, 1.54) is 6.26 Å². The van der Waals surface area contributed by atoms with Crippen molar-refractivity contribution in [3.63, 3.8) is 0 Å². The zero-order valence-electron chi connectivity index (χ0n) is 17.2. The van der Waals surface area contributed by atoms with Crippen LogP contribution in [0.3, 0.4) is 0 Å². The molecule has 0 spiro atoms. The van der Waals surface area contributed by atoms with Crippen LogP contribution in [0.1, 0.15) is 27.0 Å². The second-order valence-electron chi connectivity index (χ2n) is 7.68. The molecule has 2 aromatic rings. The highest BCUT2D eigenvalue weighted by Gasteiger charge is 2.37. The lowest BCUT2D eigenvalue weighted by Crippen LogP contribution is -2.32. The number of amides is 1. The van der Waals surface area contributed by atoms with E-state index < -0.39 is 9.84 Å². The van der Waals surface area contributed by atoms with E-state index in [4.69, 9.17) is 9.47 Å². The number of nitrogens with zero attached hydrogens (tertiary/aromatic N) is 1. The molecule has 29 heavy (non-hydrogen) atoms. The van der Waals surface area contributed by atoms with Crippen molar-refractivity contribution in [2.75, 3.05) is 26.5 Å². The van der Waals surface area contributed by atoms with E-state index in [2.05, 4.69) is 0 Å². The molecular weight excluding hydrogens is 390 g/mol. The third kappa shape index (κ3) is 5.36. The Morgan fingerprint density at radius 2 is 1.83 bits per heavy atom. The van der Waals surface area contributed by atoms with Crippen molar-refractivity contribution in [1.82, 2.24) is 4.90 Å². The van der Waals surface area contributed by atoms with E-state index in [1.54, 1.807) is 36.3 Å². The summed E-state index contributed by atoms with van der Waals surface area (Å²) in [5.74, 6) is 0.490. The zero-order valence-corrected chi connectivity index (χ0v) is 18.0. The van der Waals surface area contributed by atoms with Crippen LogP contribution in [-0.2, 0) is 20.3 Å². The molecular formula is C22H27NO5S. The zero-order chi connectivity index (χ0) is 21.2. The number of likely N-dealkylation sites (tertiary alicyclic amines) is 1. The summed E-state index contributed by atoms with van der Waals surface area (Å²) in [4.78, 5) is 14.8. The normalized spacial score (nSPS) is 19.4. The van der Waals surface area contributed by atoms with E-state index in [-0.39, 0.29) is 23.9 Å². The van der Waals surface area contributed by atoms with Crippen LogP contribution in [0.4, 0.5) is 0 Å². The maximum Gasteiger partial charge on any atom is 0.254 e. The number of hydrogen-bond donors (Lipinski definition) is 0. The monoisotopic (exact) mass is 417 g/mol. The fourth-order valence-electron chi connectivity index (χ4n) is 3.57. The van der Waals surface area contributed by atoms with E-state index in [9.17, 15) is 13.2 Å². The fraction of sp³-hybridized carbons (Fsp3) is 0.409. The van der Waals surface area contributed by atoms with E-state index in [1.807, 2.05) is 32.0 Å². The van der Waals surface area contributed by atoms with Crippen LogP contribution in [0, 0.1) is 13.8 Å². The van der Waals surface area contributed by atoms with Gasteiger partial charge in [-0.15, -0.1) is 0 Å². The van der Waals surface area contributed by atoms with Gasteiger partial charge < -0.3 is 14.4 Å². The summed E-state index contributed by atoms with van der Waals surface area (Å²) in [6, 6.07) is 12.9. The molecule has 0 radical (unpaired) electrons. The summed E-state index contributed by atoms with van der Waals surface area (Å²) in [6.45, 7) is 4.74. The highest BCUT2D eigenvalue weighted by Crippen LogP contribution is 2.24. The number of benzene rings is 2. The lowest BCUT2D eigenvalue weighted by molar-refractivity contribution is 0.0339. The number of aryl methyl sites for hydroxylation is 2. The SMILES string of the molecule is CO[C@@H]1CN(C(=O)c2cc(C)ccc2C)C[C@H]1Oc1cccc(CS(C)(=O)=O)c1. The van der Waals surface area contributed by atoms with Crippen LogP contribution < -0.4 is 4.74 Å². The fourth-order valence-corrected chi connectivity index (χ4v) is 4.36. The van der Waals surface area contributed by atoms with Crippen molar-refractivity contribution in [2.45, 2.75) is 31.8 Å². The lowest BCUT2D eigenvalue weighted by Gasteiger charge is -2.19. The van der Waals surface area contributed by atoms with Crippen LogP contribution in [0.5, 0.6) is 5.75 Å². The Hall–Kier alpha value is -2.38. The topological polar surface area (TPSA) is 72.9 Å². The number of carbonyl (C=O) groups excluding carboxylic acids is 1. The van der Waals surface area contributed by atoms with Gasteiger partial charge in [0.15, 0.2) is 9.84 Å². The molecule has 2 aromatic carbocycles. The number of methoxy groups -OCH3 is 1. The molecule has 1 saturated heterocycles. The highest BCUT2D eigenvalue weighted by atomic mass is 32.2. The molecule has 2 atom stereocenters. The second-order valence-corrected chi connectivity index (χ2v) is 9.82. The Morgan fingerprint density at radius 3 is 2.52 bits per heavy atom. The first-order valence-electron chi connectivity index (χ1n) is 9.49. The van der Waals surface area contributed by atoms with Crippen molar-refractivity contribution in [2.24, 2.45) is 0 Å². The number of rotatable bonds is 6. The van der Waals surface area contributed by atoms with Crippen molar-refractivity contribution in [3.05, 3.63) is 64.7 Å². The average molecular weight is 418 g/mol. The van der Waals surface area contributed by atoms with Crippen LogP contribution in [0.25, 0.3) is 0 Å². The van der Waals surface area contributed by atoms with E-state index in [0.717, 1.165) is 11.1 Å². The Labute approximate surface area is 172 Å². The van der Waals surface area contributed by atoms with Gasteiger partial charge in [0.05, 0.1) is 18.8 Å². The molecule has 1 aliphatic rings. The molecule has 6 nitrogen and oxygen atoms in total. The molecule has 1 amide bonds. The van der Waals surface area contributed by atoms with Crippen molar-refractivity contribution < 1.29 is 22.7 Å². The lowest BCUT2D eigenvalue weighted by atomic mass is 10.0. The third-order valence-corrected chi connectivity index (χ3v) is 5.90. The number of hydrogen-bond acceptors (Lipinski definition) is 5.